The zero-order chi connectivity index (χ0) is 17.4. The maximum Gasteiger partial charge on any atom is 0.275 e. The molecule has 0 spiro atoms. The van der Waals surface area contributed by atoms with E-state index in [9.17, 15) is 9.59 Å². The second-order valence-corrected chi connectivity index (χ2v) is 5.43. The van der Waals surface area contributed by atoms with E-state index >= 15 is 0 Å². The number of hydrogen-bond donors (Lipinski definition) is 2. The van der Waals surface area contributed by atoms with Crippen molar-refractivity contribution in [3.05, 3.63) is 53.7 Å². The monoisotopic (exact) mass is 338 g/mol. The van der Waals surface area contributed by atoms with Crippen LogP contribution in [-0.4, -0.2) is 25.7 Å². The molecule has 25 heavy (non-hydrogen) atoms. The van der Waals surface area contributed by atoms with Crippen LogP contribution in [0, 0.1) is 0 Å². The van der Waals surface area contributed by atoms with Gasteiger partial charge in [-0.1, -0.05) is 18.2 Å². The molecule has 0 aliphatic carbocycles. The summed E-state index contributed by atoms with van der Waals surface area (Å²) in [4.78, 5) is 24.6. The maximum atomic E-state index is 12.3. The van der Waals surface area contributed by atoms with E-state index in [1.807, 2.05) is 0 Å². The molecule has 2 aliphatic heterocycles. The summed E-state index contributed by atoms with van der Waals surface area (Å²) in [5, 5.41) is 5.32. The van der Waals surface area contributed by atoms with Gasteiger partial charge in [-0.25, -0.2) is 0 Å². The van der Waals surface area contributed by atoms with Gasteiger partial charge in [-0.2, -0.15) is 0 Å². The van der Waals surface area contributed by atoms with Crippen LogP contribution in [0.25, 0.3) is 5.57 Å². The number of carbonyl (C=O) groups excluding carboxylic acids is 2. The lowest BCUT2D eigenvalue weighted by Crippen LogP contribution is -2.24. The first-order valence-corrected chi connectivity index (χ1v) is 7.57. The van der Waals surface area contributed by atoms with Crippen molar-refractivity contribution in [3.8, 4) is 17.2 Å². The summed E-state index contributed by atoms with van der Waals surface area (Å²) in [6.45, 7) is 0.160. The Morgan fingerprint density at radius 3 is 2.68 bits per heavy atom. The van der Waals surface area contributed by atoms with Crippen LogP contribution in [0.2, 0.25) is 0 Å². The summed E-state index contributed by atoms with van der Waals surface area (Å²) in [5.41, 5.74) is 1.54. The molecule has 0 saturated heterocycles. The molecular formula is C18H14N2O5. The molecule has 126 valence electrons. The normalized spacial score (nSPS) is 15.4. The van der Waals surface area contributed by atoms with E-state index in [1.54, 1.807) is 42.5 Å². The quantitative estimate of drug-likeness (QED) is 0.828. The SMILES string of the molecule is COc1ccccc1C1=C(Nc2ccc3c(c2)OCO3)C(=O)NC1=O. The highest BCUT2D eigenvalue weighted by Crippen LogP contribution is 2.36. The first-order valence-electron chi connectivity index (χ1n) is 7.57. The Bertz CT molecular complexity index is 919. The van der Waals surface area contributed by atoms with Crippen molar-refractivity contribution in [2.45, 2.75) is 0 Å². The van der Waals surface area contributed by atoms with Crippen LogP contribution in [0.3, 0.4) is 0 Å². The van der Waals surface area contributed by atoms with Crippen LogP contribution in [0.1, 0.15) is 5.56 Å². The van der Waals surface area contributed by atoms with E-state index in [4.69, 9.17) is 14.2 Å². The number of ether oxygens (including phenoxy) is 3. The first-order chi connectivity index (χ1) is 12.2. The number of para-hydroxylation sites is 1. The number of methoxy groups -OCH3 is 1. The molecule has 2 N–H and O–H groups in total. The highest BCUT2D eigenvalue weighted by molar-refractivity contribution is 6.37. The fraction of sp³-hybridized carbons (Fsp3) is 0.111. The number of nitrogens with one attached hydrogen (secondary N) is 2. The van der Waals surface area contributed by atoms with Gasteiger partial charge in [-0.05, 0) is 18.2 Å². The van der Waals surface area contributed by atoms with Gasteiger partial charge in [0.05, 0.1) is 12.7 Å². The number of rotatable bonds is 4. The summed E-state index contributed by atoms with van der Waals surface area (Å²) >= 11 is 0. The average molecular weight is 338 g/mol. The largest absolute Gasteiger partial charge is 0.496 e. The van der Waals surface area contributed by atoms with E-state index < -0.39 is 11.8 Å². The predicted octanol–water partition coefficient (Wildman–Crippen LogP) is 1.90. The maximum absolute atomic E-state index is 12.3. The van der Waals surface area contributed by atoms with Crippen LogP contribution in [0.5, 0.6) is 17.2 Å². The van der Waals surface area contributed by atoms with E-state index in [2.05, 4.69) is 10.6 Å². The minimum Gasteiger partial charge on any atom is -0.496 e. The lowest BCUT2D eigenvalue weighted by Gasteiger charge is -2.11. The van der Waals surface area contributed by atoms with E-state index in [0.717, 1.165) is 0 Å². The number of fused-ring (bicyclic) bond motifs is 1. The molecule has 0 unspecified atom stereocenters. The zero-order valence-corrected chi connectivity index (χ0v) is 13.3. The molecular weight excluding hydrogens is 324 g/mol. The Labute approximate surface area is 143 Å². The minimum atomic E-state index is -0.497. The number of carbonyl (C=O) groups is 2. The fourth-order valence-corrected chi connectivity index (χ4v) is 2.80. The molecule has 2 aromatic carbocycles. The van der Waals surface area contributed by atoms with Crippen LogP contribution in [-0.2, 0) is 9.59 Å². The number of benzene rings is 2. The topological polar surface area (TPSA) is 85.9 Å². The van der Waals surface area contributed by atoms with Crippen molar-refractivity contribution < 1.29 is 23.8 Å². The third kappa shape index (κ3) is 2.55. The lowest BCUT2D eigenvalue weighted by atomic mass is 10.0. The molecule has 0 saturated carbocycles. The van der Waals surface area contributed by atoms with Gasteiger partial charge in [0.25, 0.3) is 11.8 Å². The van der Waals surface area contributed by atoms with Gasteiger partial charge in [-0.15, -0.1) is 0 Å². The van der Waals surface area contributed by atoms with Crippen LogP contribution in [0.15, 0.2) is 48.2 Å². The van der Waals surface area contributed by atoms with E-state index in [0.29, 0.717) is 28.5 Å². The second-order valence-electron chi connectivity index (χ2n) is 5.43. The van der Waals surface area contributed by atoms with Crippen molar-refractivity contribution in [2.24, 2.45) is 0 Å². The molecule has 2 aromatic rings. The fourth-order valence-electron chi connectivity index (χ4n) is 2.80. The summed E-state index contributed by atoms with van der Waals surface area (Å²) in [6.07, 6.45) is 0. The average Bonchev–Trinajstić information content (AvgIpc) is 3.19. The zero-order valence-electron chi connectivity index (χ0n) is 13.3. The molecule has 4 rings (SSSR count). The summed E-state index contributed by atoms with van der Waals surface area (Å²) in [7, 11) is 1.51. The van der Waals surface area contributed by atoms with Crippen molar-refractivity contribution in [3.63, 3.8) is 0 Å². The third-order valence-electron chi connectivity index (χ3n) is 3.95. The van der Waals surface area contributed by atoms with Crippen molar-refractivity contribution in [1.82, 2.24) is 5.32 Å². The van der Waals surface area contributed by atoms with Gasteiger partial charge >= 0.3 is 0 Å². The Kier molecular flexibility index (Phi) is 3.53. The van der Waals surface area contributed by atoms with Gasteiger partial charge in [0.15, 0.2) is 11.5 Å². The van der Waals surface area contributed by atoms with E-state index in [1.165, 1.54) is 7.11 Å². The van der Waals surface area contributed by atoms with Gasteiger partial charge in [-0.3, -0.25) is 14.9 Å². The number of anilines is 1. The summed E-state index contributed by atoms with van der Waals surface area (Å²) in [6, 6.07) is 12.2. The van der Waals surface area contributed by atoms with Crippen LogP contribution in [0.4, 0.5) is 5.69 Å². The Morgan fingerprint density at radius 2 is 1.84 bits per heavy atom. The van der Waals surface area contributed by atoms with Gasteiger partial charge in [0, 0.05) is 17.3 Å². The van der Waals surface area contributed by atoms with E-state index in [-0.39, 0.29) is 18.1 Å². The Balaban J connectivity index is 1.77. The second kappa shape index (κ2) is 5.86. The molecule has 0 bridgehead atoms. The Hall–Kier alpha value is -3.48. The van der Waals surface area contributed by atoms with Crippen LogP contribution >= 0.6 is 0 Å². The lowest BCUT2D eigenvalue weighted by molar-refractivity contribution is -0.123. The standard InChI is InChI=1S/C18H14N2O5/c1-23-12-5-3-2-4-11(12)15-16(18(22)20-17(15)21)19-10-6-7-13-14(8-10)25-9-24-13/h2-8H,9H2,1H3,(H2,19,20,21,22). The van der Waals surface area contributed by atoms with Gasteiger partial charge in [0.2, 0.25) is 6.79 Å². The Morgan fingerprint density at radius 1 is 1.04 bits per heavy atom. The number of imide groups is 1. The predicted molar refractivity (Wildman–Crippen MR) is 89.3 cm³/mol. The minimum absolute atomic E-state index is 0.160. The third-order valence-corrected chi connectivity index (χ3v) is 3.95. The molecule has 0 fully saturated rings. The van der Waals surface area contributed by atoms with Crippen molar-refractivity contribution in [1.29, 1.82) is 0 Å². The summed E-state index contributed by atoms with van der Waals surface area (Å²) in [5.74, 6) is 0.749. The van der Waals surface area contributed by atoms with Crippen LogP contribution < -0.4 is 24.8 Å². The molecule has 0 atom stereocenters. The number of amides is 2. The first kappa shape index (κ1) is 15.1. The van der Waals surface area contributed by atoms with Gasteiger partial charge < -0.3 is 19.5 Å². The van der Waals surface area contributed by atoms with Crippen molar-refractivity contribution in [2.75, 3.05) is 19.2 Å². The smallest absolute Gasteiger partial charge is 0.275 e. The number of hydrogen-bond acceptors (Lipinski definition) is 6. The molecule has 2 heterocycles. The highest BCUT2D eigenvalue weighted by Gasteiger charge is 2.33. The molecule has 0 aromatic heterocycles. The molecule has 7 heteroatoms. The van der Waals surface area contributed by atoms with Gasteiger partial charge in [0.1, 0.15) is 11.4 Å². The molecule has 2 aliphatic rings. The molecule has 7 nitrogen and oxygen atoms in total. The molecule has 0 radical (unpaired) electrons. The van der Waals surface area contributed by atoms with Crippen molar-refractivity contribution >= 4 is 23.1 Å². The highest BCUT2D eigenvalue weighted by atomic mass is 16.7. The molecule has 2 amide bonds. The summed E-state index contributed by atoms with van der Waals surface area (Å²) < 4.78 is 15.9.